The van der Waals surface area contributed by atoms with Crippen molar-refractivity contribution in [1.82, 2.24) is 4.90 Å². The molecule has 2 aromatic rings. The average molecular weight is 373 g/mol. The summed E-state index contributed by atoms with van der Waals surface area (Å²) in [6.45, 7) is 0.304. The van der Waals surface area contributed by atoms with Crippen LogP contribution in [-0.4, -0.2) is 47.8 Å². The van der Waals surface area contributed by atoms with Gasteiger partial charge < -0.3 is 10.1 Å². The second kappa shape index (κ2) is 6.54. The average Bonchev–Trinajstić information content (AvgIpc) is 3.11. The van der Waals surface area contributed by atoms with Gasteiger partial charge in [-0.05, 0) is 11.6 Å². The van der Waals surface area contributed by atoms with E-state index in [1.165, 1.54) is 9.80 Å². The maximum atomic E-state index is 13.6. The summed E-state index contributed by atoms with van der Waals surface area (Å²) in [5.41, 5.74) is 1.02. The Kier molecular flexibility index (Phi) is 4.16. The summed E-state index contributed by atoms with van der Waals surface area (Å²) in [7, 11) is 1.66. The van der Waals surface area contributed by atoms with Crippen LogP contribution in [0.25, 0.3) is 0 Å². The molecule has 28 heavy (non-hydrogen) atoms. The molecular weight excluding hydrogens is 354 g/mol. The van der Waals surface area contributed by atoms with Gasteiger partial charge in [0.2, 0.25) is 11.8 Å². The summed E-state index contributed by atoms with van der Waals surface area (Å²) in [6, 6.07) is 16.3. The highest BCUT2D eigenvalue weighted by Crippen LogP contribution is 2.51. The number of hydrogen-bond donors (Lipinski definition) is 1. The number of amides is 2. The van der Waals surface area contributed by atoms with Gasteiger partial charge in [0.1, 0.15) is 17.0 Å². The van der Waals surface area contributed by atoms with Gasteiger partial charge in [-0.25, -0.2) is 0 Å². The molecule has 1 N–H and O–H groups in total. The third-order valence-electron chi connectivity index (χ3n) is 5.60. The molecule has 0 aliphatic carbocycles. The van der Waals surface area contributed by atoms with Gasteiger partial charge in [-0.3, -0.25) is 14.5 Å². The molecular formula is C22H19N3O3. The fraction of sp³-hybridized carbons (Fsp3) is 0.227. The smallest absolute Gasteiger partial charge is 0.241 e. The van der Waals surface area contributed by atoms with E-state index in [4.69, 9.17) is 6.42 Å². The zero-order chi connectivity index (χ0) is 19.9. The van der Waals surface area contributed by atoms with E-state index in [-0.39, 0.29) is 30.6 Å². The normalized spacial score (nSPS) is 24.0. The largest absolute Gasteiger partial charge is 0.411 e. The van der Waals surface area contributed by atoms with E-state index in [0.717, 1.165) is 5.56 Å². The second-order valence-electron chi connectivity index (χ2n) is 7.06. The van der Waals surface area contributed by atoms with E-state index in [1.54, 1.807) is 31.3 Å². The predicted octanol–water partition coefficient (Wildman–Crippen LogP) is 1.87. The lowest BCUT2D eigenvalue weighted by Crippen LogP contribution is -2.49. The Morgan fingerprint density at radius 3 is 2.57 bits per heavy atom. The molecule has 1 fully saturated rings. The Labute approximate surface area is 163 Å². The Bertz CT molecular complexity index is 1020. The second-order valence-corrected chi connectivity index (χ2v) is 7.06. The third kappa shape index (κ3) is 2.26. The monoisotopic (exact) mass is 373 g/mol. The van der Waals surface area contributed by atoms with Crippen molar-refractivity contribution >= 4 is 23.2 Å². The topological polar surface area (TPSA) is 73.2 Å². The van der Waals surface area contributed by atoms with Crippen LogP contribution in [0.3, 0.4) is 0 Å². The summed E-state index contributed by atoms with van der Waals surface area (Å²) in [6.07, 6.45) is 5.50. The van der Waals surface area contributed by atoms with Crippen LogP contribution in [0.15, 0.2) is 59.8 Å². The molecule has 2 atom stereocenters. The molecule has 2 aromatic carbocycles. The SMILES string of the molecule is C#CCN1C(=O)[C@@]2(CN(C)C(=O)[C@H]2/C(=N/O)c2ccccc2)c2ccccc21. The number of oxime groups is 1. The summed E-state index contributed by atoms with van der Waals surface area (Å²) in [4.78, 5) is 29.9. The molecule has 0 saturated carbocycles. The molecule has 0 unspecified atom stereocenters. The number of likely N-dealkylation sites (N-methyl/N-ethyl adjacent to an activating group) is 1. The van der Waals surface area contributed by atoms with Crippen LogP contribution in [0.5, 0.6) is 0 Å². The first-order valence-electron chi connectivity index (χ1n) is 8.93. The number of anilines is 1. The van der Waals surface area contributed by atoms with Gasteiger partial charge in [0.05, 0.1) is 6.54 Å². The summed E-state index contributed by atoms with van der Waals surface area (Å²) >= 11 is 0. The molecule has 2 heterocycles. The zero-order valence-corrected chi connectivity index (χ0v) is 15.4. The van der Waals surface area contributed by atoms with E-state index < -0.39 is 11.3 Å². The van der Waals surface area contributed by atoms with Gasteiger partial charge in [0, 0.05) is 24.8 Å². The minimum absolute atomic E-state index is 0.110. The standard InChI is InChI=1S/C22H19N3O3/c1-3-13-25-17-12-8-7-11-16(17)22(21(25)27)14-24(2)20(26)18(22)19(23-28)15-9-5-4-6-10-15/h1,4-12,18,28H,13-14H2,2H3/b23-19+/t18-,22+/m1/s1. The maximum Gasteiger partial charge on any atom is 0.241 e. The van der Waals surface area contributed by atoms with Crippen molar-refractivity contribution in [2.45, 2.75) is 5.41 Å². The van der Waals surface area contributed by atoms with Crippen molar-refractivity contribution in [2.75, 3.05) is 25.0 Å². The summed E-state index contributed by atoms with van der Waals surface area (Å²) in [5, 5.41) is 13.3. The van der Waals surface area contributed by atoms with Crippen molar-refractivity contribution in [3.8, 4) is 12.3 Å². The number of fused-ring (bicyclic) bond motifs is 2. The Hall–Kier alpha value is -3.59. The van der Waals surface area contributed by atoms with Crippen molar-refractivity contribution < 1.29 is 14.8 Å². The van der Waals surface area contributed by atoms with E-state index in [1.807, 2.05) is 30.3 Å². The highest BCUT2D eigenvalue weighted by molar-refractivity contribution is 6.23. The van der Waals surface area contributed by atoms with Crippen LogP contribution in [0, 0.1) is 18.3 Å². The van der Waals surface area contributed by atoms with Gasteiger partial charge in [0.15, 0.2) is 0 Å². The number of hydrogen-bond acceptors (Lipinski definition) is 4. The van der Waals surface area contributed by atoms with Gasteiger partial charge in [-0.1, -0.05) is 59.6 Å². The number of rotatable bonds is 3. The molecule has 6 nitrogen and oxygen atoms in total. The van der Waals surface area contributed by atoms with Crippen LogP contribution < -0.4 is 4.90 Å². The molecule has 6 heteroatoms. The van der Waals surface area contributed by atoms with Gasteiger partial charge >= 0.3 is 0 Å². The molecule has 2 amide bonds. The minimum atomic E-state index is -1.18. The van der Waals surface area contributed by atoms with E-state index in [9.17, 15) is 14.8 Å². The molecule has 2 aliphatic rings. The number of carbonyl (C=O) groups excluding carboxylic acids is 2. The van der Waals surface area contributed by atoms with Gasteiger partial charge in [-0.15, -0.1) is 6.42 Å². The lowest BCUT2D eigenvalue weighted by Gasteiger charge is -2.28. The van der Waals surface area contributed by atoms with Crippen molar-refractivity contribution in [3.05, 3.63) is 65.7 Å². The van der Waals surface area contributed by atoms with Gasteiger partial charge in [-0.2, -0.15) is 0 Å². The molecule has 0 bridgehead atoms. The molecule has 2 aliphatic heterocycles. The Balaban J connectivity index is 1.96. The van der Waals surface area contributed by atoms with Crippen LogP contribution in [0.2, 0.25) is 0 Å². The number of para-hydroxylation sites is 1. The highest BCUT2D eigenvalue weighted by atomic mass is 16.4. The van der Waals surface area contributed by atoms with E-state index >= 15 is 0 Å². The maximum absolute atomic E-state index is 13.6. The van der Waals surface area contributed by atoms with Crippen molar-refractivity contribution in [3.63, 3.8) is 0 Å². The van der Waals surface area contributed by atoms with Crippen molar-refractivity contribution in [1.29, 1.82) is 0 Å². The zero-order valence-electron chi connectivity index (χ0n) is 15.4. The van der Waals surface area contributed by atoms with E-state index in [0.29, 0.717) is 11.3 Å². The first-order valence-corrected chi connectivity index (χ1v) is 8.93. The fourth-order valence-corrected chi connectivity index (χ4v) is 4.45. The van der Waals surface area contributed by atoms with Crippen LogP contribution >= 0.6 is 0 Å². The predicted molar refractivity (Wildman–Crippen MR) is 105 cm³/mol. The Morgan fingerprint density at radius 1 is 1.21 bits per heavy atom. The number of carbonyl (C=O) groups is 2. The summed E-state index contributed by atoms with van der Waals surface area (Å²) in [5.74, 6) is 1.08. The van der Waals surface area contributed by atoms with Gasteiger partial charge in [0.25, 0.3) is 0 Å². The number of benzene rings is 2. The minimum Gasteiger partial charge on any atom is -0.411 e. The van der Waals surface area contributed by atoms with Crippen LogP contribution in [-0.2, 0) is 15.0 Å². The number of nitrogens with zero attached hydrogens (tertiary/aromatic N) is 3. The molecule has 0 aromatic heterocycles. The van der Waals surface area contributed by atoms with Crippen LogP contribution in [0.4, 0.5) is 5.69 Å². The molecule has 1 saturated heterocycles. The lowest BCUT2D eigenvalue weighted by atomic mass is 9.70. The fourth-order valence-electron chi connectivity index (χ4n) is 4.45. The molecule has 4 rings (SSSR count). The van der Waals surface area contributed by atoms with E-state index in [2.05, 4.69) is 11.1 Å². The lowest BCUT2D eigenvalue weighted by molar-refractivity contribution is -0.130. The third-order valence-corrected chi connectivity index (χ3v) is 5.60. The number of terminal acetylenes is 1. The molecule has 140 valence electrons. The van der Waals surface area contributed by atoms with Crippen LogP contribution in [0.1, 0.15) is 11.1 Å². The quantitative estimate of drug-likeness (QED) is 0.386. The van der Waals surface area contributed by atoms with Crippen molar-refractivity contribution in [2.24, 2.45) is 11.1 Å². The number of likely N-dealkylation sites (tertiary alicyclic amines) is 1. The first-order chi connectivity index (χ1) is 13.6. The summed E-state index contributed by atoms with van der Waals surface area (Å²) < 4.78 is 0. The Morgan fingerprint density at radius 2 is 1.89 bits per heavy atom. The highest BCUT2D eigenvalue weighted by Gasteiger charge is 2.64. The molecule has 1 spiro atoms. The first kappa shape index (κ1) is 17.8. The molecule has 0 radical (unpaired) electrons.